The van der Waals surface area contributed by atoms with E-state index in [1.54, 1.807) is 30.3 Å². The number of nitrogens with zero attached hydrogens (tertiary/aromatic N) is 2. The van der Waals surface area contributed by atoms with E-state index >= 15 is 0 Å². The molecule has 0 aliphatic rings. The molecule has 3 aromatic rings. The van der Waals surface area contributed by atoms with Gasteiger partial charge in [0.15, 0.2) is 11.5 Å². The zero-order valence-corrected chi connectivity index (χ0v) is 14.6. The molecule has 2 aromatic carbocycles. The first kappa shape index (κ1) is 18.0. The molecule has 5 nitrogen and oxygen atoms in total. The number of aromatic amines is 1. The summed E-state index contributed by atoms with van der Waals surface area (Å²) in [6.45, 7) is 2.45. The van der Waals surface area contributed by atoms with Crippen LogP contribution in [0, 0.1) is 29.5 Å². The highest BCUT2D eigenvalue weighted by Gasteiger charge is 2.10. The first-order valence-electron chi connectivity index (χ1n) is 8.25. The van der Waals surface area contributed by atoms with Crippen LogP contribution in [0.15, 0.2) is 36.4 Å². The number of nitriles is 1. The number of aromatic nitrogens is 2. The smallest absolute Gasteiger partial charge is 0.162 e. The van der Waals surface area contributed by atoms with E-state index in [1.165, 1.54) is 12.1 Å². The zero-order valence-electron chi connectivity index (χ0n) is 14.6. The van der Waals surface area contributed by atoms with Crippen LogP contribution >= 0.6 is 0 Å². The van der Waals surface area contributed by atoms with Crippen LogP contribution in [-0.4, -0.2) is 23.2 Å². The maximum absolute atomic E-state index is 13.4. The summed E-state index contributed by atoms with van der Waals surface area (Å²) in [5.74, 6) is 3.47. The van der Waals surface area contributed by atoms with E-state index in [4.69, 9.17) is 15.9 Å². The molecule has 0 saturated heterocycles. The molecule has 0 bridgehead atoms. The van der Waals surface area contributed by atoms with Gasteiger partial charge < -0.3 is 14.5 Å². The Morgan fingerprint density at radius 1 is 1.26 bits per heavy atom. The predicted molar refractivity (Wildman–Crippen MR) is 101 cm³/mol. The van der Waals surface area contributed by atoms with Gasteiger partial charge in [-0.3, -0.25) is 0 Å². The van der Waals surface area contributed by atoms with Gasteiger partial charge in [0.25, 0.3) is 0 Å². The highest BCUT2D eigenvalue weighted by molar-refractivity contribution is 5.90. The third-order valence-electron chi connectivity index (χ3n) is 3.71. The number of hydrogen-bond acceptors (Lipinski definition) is 4. The molecule has 1 heterocycles. The van der Waals surface area contributed by atoms with Crippen LogP contribution in [0.2, 0.25) is 0 Å². The molecule has 0 aliphatic carbocycles. The van der Waals surface area contributed by atoms with Gasteiger partial charge in [0.1, 0.15) is 24.3 Å². The fraction of sp³-hybridized carbons (Fsp3) is 0.143. The number of benzene rings is 2. The van der Waals surface area contributed by atoms with Gasteiger partial charge in [0.05, 0.1) is 23.2 Å². The summed E-state index contributed by atoms with van der Waals surface area (Å²) in [6, 6.07) is 11.6. The van der Waals surface area contributed by atoms with Gasteiger partial charge in [-0.15, -0.1) is 6.42 Å². The van der Waals surface area contributed by atoms with E-state index < -0.39 is 0 Å². The van der Waals surface area contributed by atoms with Crippen LogP contribution in [-0.2, 0) is 0 Å². The lowest BCUT2D eigenvalue weighted by atomic mass is 10.1. The summed E-state index contributed by atoms with van der Waals surface area (Å²) < 4.78 is 24.4. The van der Waals surface area contributed by atoms with Gasteiger partial charge in [-0.25, -0.2) is 9.37 Å². The van der Waals surface area contributed by atoms with Crippen LogP contribution < -0.4 is 9.47 Å². The number of nitrogens with one attached hydrogen (secondary N) is 1. The second kappa shape index (κ2) is 8.07. The molecule has 1 N–H and O–H groups in total. The summed E-state index contributed by atoms with van der Waals surface area (Å²) in [4.78, 5) is 7.31. The van der Waals surface area contributed by atoms with E-state index in [9.17, 15) is 9.65 Å². The van der Waals surface area contributed by atoms with E-state index in [-0.39, 0.29) is 12.4 Å². The Labute approximate surface area is 156 Å². The monoisotopic (exact) mass is 361 g/mol. The Kier molecular flexibility index (Phi) is 5.39. The van der Waals surface area contributed by atoms with Crippen molar-refractivity contribution in [3.63, 3.8) is 0 Å². The van der Waals surface area contributed by atoms with Crippen molar-refractivity contribution in [2.45, 2.75) is 6.92 Å². The average Bonchev–Trinajstić information content (AvgIpc) is 3.08. The summed E-state index contributed by atoms with van der Waals surface area (Å²) >= 11 is 0. The largest absolute Gasteiger partial charge is 0.490 e. The summed E-state index contributed by atoms with van der Waals surface area (Å²) in [7, 11) is 0. The van der Waals surface area contributed by atoms with Crippen molar-refractivity contribution < 1.29 is 13.9 Å². The quantitative estimate of drug-likeness (QED) is 0.528. The van der Waals surface area contributed by atoms with E-state index in [0.29, 0.717) is 40.5 Å². The Hall–Kier alpha value is -3.77. The molecule has 0 amide bonds. The van der Waals surface area contributed by atoms with Crippen molar-refractivity contribution in [1.29, 1.82) is 5.26 Å². The molecule has 0 aliphatic heterocycles. The lowest BCUT2D eigenvalue weighted by Crippen LogP contribution is -1.99. The number of H-pyrrole nitrogens is 1. The molecule has 0 unspecified atom stereocenters. The van der Waals surface area contributed by atoms with Gasteiger partial charge in [0.2, 0.25) is 0 Å². The Morgan fingerprint density at radius 2 is 2.11 bits per heavy atom. The first-order valence-corrected chi connectivity index (χ1v) is 8.25. The maximum atomic E-state index is 13.4. The first-order chi connectivity index (χ1) is 13.1. The maximum Gasteiger partial charge on any atom is 0.162 e. The average molecular weight is 361 g/mol. The van der Waals surface area contributed by atoms with Crippen LogP contribution in [0.25, 0.3) is 22.7 Å². The third kappa shape index (κ3) is 4.08. The highest BCUT2D eigenvalue weighted by Crippen LogP contribution is 2.30. The highest BCUT2D eigenvalue weighted by atomic mass is 19.1. The van der Waals surface area contributed by atoms with Crippen LogP contribution in [0.3, 0.4) is 0 Å². The third-order valence-corrected chi connectivity index (χ3v) is 3.71. The molecule has 0 atom stereocenters. The Morgan fingerprint density at radius 3 is 2.85 bits per heavy atom. The van der Waals surface area contributed by atoms with Crippen molar-refractivity contribution in [1.82, 2.24) is 9.97 Å². The van der Waals surface area contributed by atoms with Crippen LogP contribution in [0.1, 0.15) is 18.3 Å². The molecule has 1 aromatic heterocycles. The SMILES string of the molecule is C#CCOc1ccc(/C=C(/C#N)c2nc3ccc(F)cc3[nH]2)cc1OCC. The molecular weight excluding hydrogens is 345 g/mol. The van der Waals surface area contributed by atoms with Crippen LogP contribution in [0.4, 0.5) is 4.39 Å². The molecule has 0 spiro atoms. The summed E-state index contributed by atoms with van der Waals surface area (Å²) in [5, 5.41) is 9.53. The second-order valence-corrected chi connectivity index (χ2v) is 5.55. The number of imidazole rings is 1. The van der Waals surface area contributed by atoms with Gasteiger partial charge in [-0.1, -0.05) is 12.0 Å². The van der Waals surface area contributed by atoms with Crippen molar-refractivity contribution in [2.24, 2.45) is 0 Å². The lowest BCUT2D eigenvalue weighted by Gasteiger charge is -2.11. The molecule has 0 fully saturated rings. The lowest BCUT2D eigenvalue weighted by molar-refractivity contribution is 0.299. The summed E-state index contributed by atoms with van der Waals surface area (Å²) in [6.07, 6.45) is 6.89. The molecule has 0 saturated carbocycles. The van der Waals surface area contributed by atoms with Gasteiger partial charge in [-0.2, -0.15) is 5.26 Å². The number of rotatable bonds is 6. The molecular formula is C21H16FN3O2. The van der Waals surface area contributed by atoms with E-state index in [1.807, 2.05) is 6.92 Å². The second-order valence-electron chi connectivity index (χ2n) is 5.55. The van der Waals surface area contributed by atoms with Crippen molar-refractivity contribution in [2.75, 3.05) is 13.2 Å². The number of terminal acetylenes is 1. The molecule has 134 valence electrons. The number of allylic oxidation sites excluding steroid dienone is 1. The van der Waals surface area contributed by atoms with E-state index in [2.05, 4.69) is 22.0 Å². The number of fused-ring (bicyclic) bond motifs is 1. The standard InChI is InChI=1S/C21H16FN3O2/c1-3-9-27-19-8-5-14(11-20(19)26-4-2)10-15(13-23)21-24-17-7-6-16(22)12-18(17)25-21/h1,5-8,10-12H,4,9H2,2H3,(H,24,25)/b15-10-. The van der Waals surface area contributed by atoms with Crippen molar-refractivity contribution >= 4 is 22.7 Å². The minimum atomic E-state index is -0.371. The minimum absolute atomic E-state index is 0.133. The molecule has 6 heteroatoms. The van der Waals surface area contributed by atoms with Crippen molar-refractivity contribution in [3.8, 4) is 29.9 Å². The number of halogens is 1. The summed E-state index contributed by atoms with van der Waals surface area (Å²) in [5.41, 5.74) is 2.15. The fourth-order valence-electron chi connectivity index (χ4n) is 2.55. The van der Waals surface area contributed by atoms with Crippen molar-refractivity contribution in [3.05, 3.63) is 53.6 Å². The normalized spacial score (nSPS) is 11.0. The zero-order chi connectivity index (χ0) is 19.2. The van der Waals surface area contributed by atoms with Gasteiger partial charge >= 0.3 is 0 Å². The minimum Gasteiger partial charge on any atom is -0.490 e. The van der Waals surface area contributed by atoms with Gasteiger partial charge in [0, 0.05) is 0 Å². The molecule has 27 heavy (non-hydrogen) atoms. The van der Waals surface area contributed by atoms with Gasteiger partial charge in [-0.05, 0) is 48.9 Å². The predicted octanol–water partition coefficient (Wildman–Crippen LogP) is 4.18. The Bertz CT molecular complexity index is 1090. The molecule has 3 rings (SSSR count). The fourth-order valence-corrected chi connectivity index (χ4v) is 2.55. The Balaban J connectivity index is 1.98. The molecule has 0 radical (unpaired) electrons. The number of hydrogen-bond donors (Lipinski definition) is 1. The van der Waals surface area contributed by atoms with E-state index in [0.717, 1.165) is 5.56 Å². The van der Waals surface area contributed by atoms with Crippen LogP contribution in [0.5, 0.6) is 11.5 Å². The number of ether oxygens (including phenoxy) is 2. The topological polar surface area (TPSA) is 70.9 Å².